The number of fused-ring (bicyclic) bond motifs is 1. The normalized spacial score (nSPS) is 21.2. The van der Waals surface area contributed by atoms with Gasteiger partial charge in [-0.25, -0.2) is 0 Å². The molecule has 0 aliphatic heterocycles. The molecule has 3 heteroatoms. The van der Waals surface area contributed by atoms with Crippen molar-refractivity contribution >= 4 is 0 Å². The molecule has 0 fully saturated rings. The van der Waals surface area contributed by atoms with E-state index in [2.05, 4.69) is 24.3 Å². The standard InChI is InChI=1S/C17H27NO2/c1-17(18,13-19)11-4-5-12-20-16-10-6-8-14-7-2-3-9-15(14)16/h2-3,7,9,16,19H,4-6,8,10-13,18H2,1H3. The SMILES string of the molecule is CC(N)(CO)CCCCOC1CCCc2ccccc21. The van der Waals surface area contributed by atoms with Crippen molar-refractivity contribution < 1.29 is 9.84 Å². The largest absolute Gasteiger partial charge is 0.394 e. The van der Waals surface area contributed by atoms with Gasteiger partial charge in [-0.1, -0.05) is 24.3 Å². The summed E-state index contributed by atoms with van der Waals surface area (Å²) in [7, 11) is 0. The first-order chi connectivity index (χ1) is 9.62. The molecule has 2 rings (SSSR count). The average Bonchev–Trinajstić information content (AvgIpc) is 2.47. The minimum atomic E-state index is -0.447. The van der Waals surface area contributed by atoms with Crippen LogP contribution in [0.15, 0.2) is 24.3 Å². The van der Waals surface area contributed by atoms with E-state index in [4.69, 9.17) is 15.6 Å². The van der Waals surface area contributed by atoms with E-state index in [-0.39, 0.29) is 12.7 Å². The second kappa shape index (κ2) is 7.21. The molecule has 3 nitrogen and oxygen atoms in total. The Morgan fingerprint density at radius 3 is 2.95 bits per heavy atom. The predicted octanol–water partition coefficient (Wildman–Crippen LogP) is 2.96. The molecule has 1 aliphatic rings. The molecule has 0 aromatic heterocycles. The molecular weight excluding hydrogens is 250 g/mol. The highest BCUT2D eigenvalue weighted by molar-refractivity contribution is 5.31. The molecule has 2 atom stereocenters. The lowest BCUT2D eigenvalue weighted by Crippen LogP contribution is -2.39. The topological polar surface area (TPSA) is 55.5 Å². The van der Waals surface area contributed by atoms with E-state index in [1.807, 2.05) is 6.92 Å². The van der Waals surface area contributed by atoms with Crippen LogP contribution >= 0.6 is 0 Å². The Morgan fingerprint density at radius 2 is 2.15 bits per heavy atom. The molecule has 0 saturated heterocycles. The van der Waals surface area contributed by atoms with Gasteiger partial charge in [0.1, 0.15) is 0 Å². The Morgan fingerprint density at radius 1 is 1.35 bits per heavy atom. The third-order valence-corrected chi connectivity index (χ3v) is 4.14. The molecule has 1 aromatic rings. The molecule has 3 N–H and O–H groups in total. The zero-order chi connectivity index (χ0) is 14.4. The summed E-state index contributed by atoms with van der Waals surface area (Å²) in [5, 5.41) is 9.11. The van der Waals surface area contributed by atoms with Crippen LogP contribution in [0.5, 0.6) is 0 Å². The summed E-state index contributed by atoms with van der Waals surface area (Å²) in [5.74, 6) is 0. The molecule has 1 aromatic carbocycles. The van der Waals surface area contributed by atoms with Gasteiger partial charge >= 0.3 is 0 Å². The van der Waals surface area contributed by atoms with Gasteiger partial charge < -0.3 is 15.6 Å². The summed E-state index contributed by atoms with van der Waals surface area (Å²) in [4.78, 5) is 0. The van der Waals surface area contributed by atoms with Gasteiger partial charge in [-0.15, -0.1) is 0 Å². The van der Waals surface area contributed by atoms with Gasteiger partial charge in [0.2, 0.25) is 0 Å². The van der Waals surface area contributed by atoms with Gasteiger partial charge in [0, 0.05) is 12.1 Å². The van der Waals surface area contributed by atoms with Crippen molar-refractivity contribution in [2.24, 2.45) is 5.73 Å². The van der Waals surface area contributed by atoms with Gasteiger partial charge in [0.25, 0.3) is 0 Å². The van der Waals surface area contributed by atoms with Crippen molar-refractivity contribution in [2.45, 2.75) is 57.1 Å². The zero-order valence-electron chi connectivity index (χ0n) is 12.5. The van der Waals surface area contributed by atoms with E-state index in [9.17, 15) is 0 Å². The first-order valence-corrected chi connectivity index (χ1v) is 7.71. The number of hydrogen-bond acceptors (Lipinski definition) is 3. The van der Waals surface area contributed by atoms with Crippen LogP contribution in [0.1, 0.15) is 56.3 Å². The van der Waals surface area contributed by atoms with E-state index in [0.29, 0.717) is 0 Å². The lowest BCUT2D eigenvalue weighted by molar-refractivity contribution is 0.0372. The molecule has 0 spiro atoms. The number of unbranched alkanes of at least 4 members (excludes halogenated alkanes) is 1. The Hall–Kier alpha value is -0.900. The second-order valence-corrected chi connectivity index (χ2v) is 6.22. The fraction of sp³-hybridized carbons (Fsp3) is 0.647. The predicted molar refractivity (Wildman–Crippen MR) is 81.6 cm³/mol. The Kier molecular flexibility index (Phi) is 5.58. The third-order valence-electron chi connectivity index (χ3n) is 4.14. The number of benzene rings is 1. The van der Waals surface area contributed by atoms with Crippen LogP contribution in [-0.2, 0) is 11.2 Å². The number of rotatable bonds is 7. The maximum atomic E-state index is 9.11. The molecule has 0 saturated carbocycles. The monoisotopic (exact) mass is 277 g/mol. The van der Waals surface area contributed by atoms with E-state index in [1.165, 1.54) is 24.0 Å². The summed E-state index contributed by atoms with van der Waals surface area (Å²) < 4.78 is 6.05. The molecule has 0 radical (unpaired) electrons. The number of aliphatic hydroxyl groups excluding tert-OH is 1. The smallest absolute Gasteiger partial charge is 0.0827 e. The molecule has 0 bridgehead atoms. The van der Waals surface area contributed by atoms with Crippen LogP contribution in [0, 0.1) is 0 Å². The first-order valence-electron chi connectivity index (χ1n) is 7.71. The van der Waals surface area contributed by atoms with Crippen LogP contribution < -0.4 is 5.73 Å². The minimum absolute atomic E-state index is 0.0455. The van der Waals surface area contributed by atoms with Crippen molar-refractivity contribution in [3.63, 3.8) is 0 Å². The number of ether oxygens (including phenoxy) is 1. The molecule has 2 unspecified atom stereocenters. The Labute approximate surface area is 122 Å². The fourth-order valence-corrected chi connectivity index (χ4v) is 2.82. The molecule has 20 heavy (non-hydrogen) atoms. The summed E-state index contributed by atoms with van der Waals surface area (Å²) >= 11 is 0. The summed E-state index contributed by atoms with van der Waals surface area (Å²) in [6.07, 6.45) is 6.64. The molecule has 0 heterocycles. The number of aryl methyl sites for hydroxylation is 1. The first kappa shape index (κ1) is 15.5. The molecular formula is C17H27NO2. The summed E-state index contributed by atoms with van der Waals surface area (Å²) in [6, 6.07) is 8.62. The molecule has 112 valence electrons. The zero-order valence-corrected chi connectivity index (χ0v) is 12.5. The van der Waals surface area contributed by atoms with Gasteiger partial charge in [-0.2, -0.15) is 0 Å². The van der Waals surface area contributed by atoms with E-state index in [1.54, 1.807) is 0 Å². The maximum absolute atomic E-state index is 9.11. The van der Waals surface area contributed by atoms with Crippen LogP contribution in [-0.4, -0.2) is 23.9 Å². The van der Waals surface area contributed by atoms with Crippen LogP contribution in [0.4, 0.5) is 0 Å². The maximum Gasteiger partial charge on any atom is 0.0827 e. The van der Waals surface area contributed by atoms with Crippen LogP contribution in [0.3, 0.4) is 0 Å². The minimum Gasteiger partial charge on any atom is -0.394 e. The summed E-state index contributed by atoms with van der Waals surface area (Å²) in [5.41, 5.74) is 8.28. The number of hydrogen-bond donors (Lipinski definition) is 2. The van der Waals surface area contributed by atoms with Crippen LogP contribution in [0.2, 0.25) is 0 Å². The highest BCUT2D eigenvalue weighted by atomic mass is 16.5. The lowest BCUT2D eigenvalue weighted by atomic mass is 9.89. The number of aliphatic hydroxyl groups is 1. The number of nitrogens with two attached hydrogens (primary N) is 1. The Bertz CT molecular complexity index is 417. The van der Waals surface area contributed by atoms with E-state index >= 15 is 0 Å². The van der Waals surface area contributed by atoms with Gasteiger partial charge in [0.05, 0.1) is 12.7 Å². The van der Waals surface area contributed by atoms with Crippen LogP contribution in [0.25, 0.3) is 0 Å². The van der Waals surface area contributed by atoms with Crippen molar-refractivity contribution in [1.29, 1.82) is 0 Å². The molecule has 0 amide bonds. The fourth-order valence-electron chi connectivity index (χ4n) is 2.82. The van der Waals surface area contributed by atoms with Gasteiger partial charge in [-0.3, -0.25) is 0 Å². The average molecular weight is 277 g/mol. The lowest BCUT2D eigenvalue weighted by Gasteiger charge is -2.26. The second-order valence-electron chi connectivity index (χ2n) is 6.22. The summed E-state index contributed by atoms with van der Waals surface area (Å²) in [6.45, 7) is 2.72. The Balaban J connectivity index is 1.73. The molecule has 1 aliphatic carbocycles. The quantitative estimate of drug-likeness (QED) is 0.753. The highest BCUT2D eigenvalue weighted by Crippen LogP contribution is 2.32. The van der Waals surface area contributed by atoms with E-state index < -0.39 is 5.54 Å². The van der Waals surface area contributed by atoms with Gasteiger partial charge in [-0.05, 0) is 56.6 Å². The van der Waals surface area contributed by atoms with Crippen molar-refractivity contribution in [2.75, 3.05) is 13.2 Å². The third kappa shape index (κ3) is 4.30. The van der Waals surface area contributed by atoms with Crippen molar-refractivity contribution in [1.82, 2.24) is 0 Å². The van der Waals surface area contributed by atoms with Crippen molar-refractivity contribution in [3.8, 4) is 0 Å². The van der Waals surface area contributed by atoms with E-state index in [0.717, 1.165) is 32.3 Å². The van der Waals surface area contributed by atoms with Gasteiger partial charge in [0.15, 0.2) is 0 Å². The van der Waals surface area contributed by atoms with Crippen molar-refractivity contribution in [3.05, 3.63) is 35.4 Å². The highest BCUT2D eigenvalue weighted by Gasteiger charge is 2.20.